The number of anilines is 1. The Morgan fingerprint density at radius 3 is 2.57 bits per heavy atom. The van der Waals surface area contributed by atoms with Gasteiger partial charge in [-0.25, -0.2) is 0 Å². The van der Waals surface area contributed by atoms with Crippen LogP contribution < -0.4 is 5.32 Å². The molecule has 2 heterocycles. The fourth-order valence-corrected chi connectivity index (χ4v) is 6.03. The van der Waals surface area contributed by atoms with Crippen molar-refractivity contribution in [2.75, 3.05) is 25.0 Å². The van der Waals surface area contributed by atoms with Crippen LogP contribution >= 0.6 is 0 Å². The van der Waals surface area contributed by atoms with Gasteiger partial charge in [-0.15, -0.1) is 0 Å². The molecule has 0 radical (unpaired) electrons. The second kappa shape index (κ2) is 7.82. The van der Waals surface area contributed by atoms with Crippen LogP contribution in [0, 0.1) is 11.8 Å². The summed E-state index contributed by atoms with van der Waals surface area (Å²) in [5, 5.41) is 14.2. The molecule has 2 aliphatic heterocycles. The van der Waals surface area contributed by atoms with E-state index in [1.165, 1.54) is 16.7 Å². The van der Waals surface area contributed by atoms with Crippen molar-refractivity contribution in [3.8, 4) is 0 Å². The monoisotopic (exact) mass is 404 g/mol. The lowest BCUT2D eigenvalue weighted by Crippen LogP contribution is -2.33. The van der Waals surface area contributed by atoms with E-state index in [1.54, 1.807) is 0 Å². The highest BCUT2D eigenvalue weighted by Gasteiger charge is 2.48. The van der Waals surface area contributed by atoms with Crippen molar-refractivity contribution >= 4 is 11.6 Å². The van der Waals surface area contributed by atoms with E-state index < -0.39 is 5.60 Å². The van der Waals surface area contributed by atoms with Gasteiger partial charge in [-0.3, -0.25) is 4.79 Å². The summed E-state index contributed by atoms with van der Waals surface area (Å²) >= 11 is 0. The van der Waals surface area contributed by atoms with Crippen molar-refractivity contribution in [2.24, 2.45) is 11.8 Å². The van der Waals surface area contributed by atoms with Crippen LogP contribution in [0.1, 0.15) is 48.8 Å². The number of carbonyl (C=O) groups excluding carboxylic acids is 1. The zero-order valence-electron chi connectivity index (χ0n) is 17.8. The summed E-state index contributed by atoms with van der Waals surface area (Å²) < 4.78 is 0. The van der Waals surface area contributed by atoms with Crippen LogP contribution in [0.2, 0.25) is 0 Å². The van der Waals surface area contributed by atoms with Crippen LogP contribution in [0.3, 0.4) is 0 Å². The Hall–Kier alpha value is -2.17. The van der Waals surface area contributed by atoms with E-state index in [4.69, 9.17) is 0 Å². The summed E-state index contributed by atoms with van der Waals surface area (Å²) in [5.74, 6) is 1.82. The number of fused-ring (bicyclic) bond motifs is 2. The number of nitrogens with one attached hydrogen (secondary N) is 1. The molecule has 2 N–H and O–H groups in total. The highest BCUT2D eigenvalue weighted by Crippen LogP contribution is 2.45. The Morgan fingerprint density at radius 1 is 1.10 bits per heavy atom. The first kappa shape index (κ1) is 19.8. The van der Waals surface area contributed by atoms with Gasteiger partial charge in [-0.2, -0.15) is 0 Å². The number of hydrogen-bond acceptors (Lipinski definition) is 3. The molecular formula is C26H32N2O2. The average molecular weight is 405 g/mol. The molecule has 30 heavy (non-hydrogen) atoms. The molecule has 1 saturated carbocycles. The van der Waals surface area contributed by atoms with Gasteiger partial charge in [0.1, 0.15) is 0 Å². The topological polar surface area (TPSA) is 52.6 Å². The minimum atomic E-state index is -0.530. The number of carbonyl (C=O) groups is 1. The minimum Gasteiger partial charge on any atom is -0.390 e. The molecule has 3 aliphatic rings. The summed E-state index contributed by atoms with van der Waals surface area (Å²) in [5.41, 5.74) is 4.33. The van der Waals surface area contributed by atoms with Gasteiger partial charge in [-0.05, 0) is 59.8 Å². The van der Waals surface area contributed by atoms with E-state index in [-0.39, 0.29) is 5.91 Å². The van der Waals surface area contributed by atoms with Crippen molar-refractivity contribution < 1.29 is 9.90 Å². The van der Waals surface area contributed by atoms with Gasteiger partial charge in [-0.1, -0.05) is 49.4 Å². The Morgan fingerprint density at radius 2 is 1.83 bits per heavy atom. The van der Waals surface area contributed by atoms with E-state index in [1.807, 2.05) is 6.07 Å². The van der Waals surface area contributed by atoms with E-state index in [9.17, 15) is 9.90 Å². The van der Waals surface area contributed by atoms with Gasteiger partial charge in [0.05, 0.1) is 5.60 Å². The predicted molar refractivity (Wildman–Crippen MR) is 120 cm³/mol. The summed E-state index contributed by atoms with van der Waals surface area (Å²) in [7, 11) is 0. The second-order valence-electron chi connectivity index (χ2n) is 9.90. The Labute approximate surface area is 179 Å². The van der Waals surface area contributed by atoms with Gasteiger partial charge in [0, 0.05) is 38.2 Å². The number of likely N-dealkylation sites (tertiary alicyclic amines) is 1. The average Bonchev–Trinajstić information content (AvgIpc) is 3.21. The fourth-order valence-electron chi connectivity index (χ4n) is 6.03. The molecule has 2 fully saturated rings. The Balaban J connectivity index is 1.18. The van der Waals surface area contributed by atoms with Gasteiger partial charge < -0.3 is 15.3 Å². The van der Waals surface area contributed by atoms with Gasteiger partial charge in [0.15, 0.2) is 0 Å². The van der Waals surface area contributed by atoms with Crippen molar-refractivity contribution in [3.63, 3.8) is 0 Å². The predicted octanol–water partition coefficient (Wildman–Crippen LogP) is 3.99. The highest BCUT2D eigenvalue weighted by atomic mass is 16.3. The SMILES string of the molecule is CC(CN1C[C@@H]2C[C@@](O)(Cc3ccccc3)C[C@@H]2C1)c1ccc2c(c1)CCC(=O)N2. The molecule has 0 bridgehead atoms. The summed E-state index contributed by atoms with van der Waals surface area (Å²) in [6.07, 6.45) is 4.07. The van der Waals surface area contributed by atoms with E-state index in [0.717, 1.165) is 51.0 Å². The molecule has 4 atom stereocenters. The van der Waals surface area contributed by atoms with E-state index >= 15 is 0 Å². The van der Waals surface area contributed by atoms with Crippen molar-refractivity contribution in [3.05, 3.63) is 65.2 Å². The second-order valence-corrected chi connectivity index (χ2v) is 9.90. The molecule has 2 aromatic carbocycles. The third kappa shape index (κ3) is 4.03. The molecule has 4 nitrogen and oxygen atoms in total. The number of amides is 1. The molecular weight excluding hydrogens is 372 g/mol. The molecule has 0 spiro atoms. The number of aliphatic hydroxyl groups is 1. The third-order valence-electron chi connectivity index (χ3n) is 7.44. The molecule has 1 saturated heterocycles. The number of benzene rings is 2. The molecule has 4 heteroatoms. The number of hydrogen-bond donors (Lipinski definition) is 2. The first-order valence-corrected chi connectivity index (χ1v) is 11.4. The molecule has 0 aromatic heterocycles. The molecule has 1 amide bonds. The zero-order valence-corrected chi connectivity index (χ0v) is 17.8. The number of rotatable bonds is 5. The molecule has 5 rings (SSSR count). The maximum Gasteiger partial charge on any atom is 0.224 e. The lowest BCUT2D eigenvalue weighted by molar-refractivity contribution is -0.116. The first-order chi connectivity index (χ1) is 14.5. The van der Waals surface area contributed by atoms with Crippen LogP contribution in [-0.2, 0) is 17.6 Å². The van der Waals surface area contributed by atoms with Crippen LogP contribution in [-0.4, -0.2) is 41.1 Å². The fraction of sp³-hybridized carbons (Fsp3) is 0.500. The largest absolute Gasteiger partial charge is 0.390 e. The minimum absolute atomic E-state index is 0.124. The molecule has 1 aliphatic carbocycles. The Kier molecular flexibility index (Phi) is 5.16. The Bertz CT molecular complexity index is 912. The lowest BCUT2D eigenvalue weighted by Gasteiger charge is -2.27. The van der Waals surface area contributed by atoms with Crippen LogP contribution in [0.25, 0.3) is 0 Å². The van der Waals surface area contributed by atoms with Crippen LogP contribution in [0.5, 0.6) is 0 Å². The number of aryl methyl sites for hydroxylation is 1. The van der Waals surface area contributed by atoms with Crippen LogP contribution in [0.4, 0.5) is 5.69 Å². The van der Waals surface area contributed by atoms with E-state index in [2.05, 4.69) is 59.6 Å². The van der Waals surface area contributed by atoms with Crippen molar-refractivity contribution in [1.82, 2.24) is 4.90 Å². The number of nitrogens with zero attached hydrogens (tertiary/aromatic N) is 1. The van der Waals surface area contributed by atoms with Crippen LogP contribution in [0.15, 0.2) is 48.5 Å². The van der Waals surface area contributed by atoms with Gasteiger partial charge in [0.25, 0.3) is 0 Å². The molecule has 158 valence electrons. The normalized spacial score (nSPS) is 29.3. The van der Waals surface area contributed by atoms with E-state index in [0.29, 0.717) is 24.2 Å². The van der Waals surface area contributed by atoms with Crippen molar-refractivity contribution in [2.45, 2.75) is 50.5 Å². The standard InChI is InChI=1S/C26H32N2O2/c1-18(20-7-9-24-21(11-20)8-10-25(29)27-24)15-28-16-22-13-26(30,14-23(22)17-28)12-19-5-3-2-4-6-19/h2-7,9,11,18,22-23,30H,8,10,12-17H2,1H3,(H,27,29)/t18?,22-,23+,26-. The first-order valence-electron chi connectivity index (χ1n) is 11.4. The summed E-state index contributed by atoms with van der Waals surface area (Å²) in [6.45, 7) is 5.58. The lowest BCUT2D eigenvalue weighted by atomic mass is 9.91. The van der Waals surface area contributed by atoms with Gasteiger partial charge in [0.2, 0.25) is 5.91 Å². The van der Waals surface area contributed by atoms with Gasteiger partial charge >= 0.3 is 0 Å². The third-order valence-corrected chi connectivity index (χ3v) is 7.44. The highest BCUT2D eigenvalue weighted by molar-refractivity contribution is 5.93. The molecule has 1 unspecified atom stereocenters. The molecule has 2 aromatic rings. The van der Waals surface area contributed by atoms with Crippen molar-refractivity contribution in [1.29, 1.82) is 0 Å². The summed E-state index contributed by atoms with van der Waals surface area (Å²) in [4.78, 5) is 14.2. The zero-order chi connectivity index (χ0) is 20.7. The maximum atomic E-state index is 11.6. The maximum absolute atomic E-state index is 11.6. The quantitative estimate of drug-likeness (QED) is 0.792. The smallest absolute Gasteiger partial charge is 0.224 e. The summed E-state index contributed by atoms with van der Waals surface area (Å²) in [6, 6.07) is 16.9.